The number of hydrogen-bond acceptors (Lipinski definition) is 6. The number of hydrogen-bond donors (Lipinski definition) is 2. The first-order valence-corrected chi connectivity index (χ1v) is 6.90. The molecule has 0 aliphatic heterocycles. The molecule has 1 atom stereocenters. The van der Waals surface area contributed by atoms with Crippen LogP contribution in [0.1, 0.15) is 26.3 Å². The van der Waals surface area contributed by atoms with Crippen molar-refractivity contribution in [2.45, 2.75) is 38.8 Å². The molecule has 1 aromatic heterocycles. The van der Waals surface area contributed by atoms with Gasteiger partial charge in [0, 0.05) is 17.9 Å². The van der Waals surface area contributed by atoms with Gasteiger partial charge in [-0.05, 0) is 26.3 Å². The van der Waals surface area contributed by atoms with Gasteiger partial charge in [0.15, 0.2) is 0 Å². The Morgan fingerprint density at radius 2 is 2.14 bits per heavy atom. The summed E-state index contributed by atoms with van der Waals surface area (Å²) in [5.74, 6) is -1.24. The summed E-state index contributed by atoms with van der Waals surface area (Å²) in [6.07, 6.45) is -0.904. The zero-order valence-corrected chi connectivity index (χ0v) is 12.6. The SMILES string of the molecule is CC(C)(C)OC(=O)NC(Cc1csc([N+](=O)[O-])c1)C(=O)O. The molecule has 1 heterocycles. The normalized spacial score (nSPS) is 12.5. The summed E-state index contributed by atoms with van der Waals surface area (Å²) in [6, 6.07) is 0.0752. The van der Waals surface area contributed by atoms with E-state index in [9.17, 15) is 19.7 Å². The van der Waals surface area contributed by atoms with Gasteiger partial charge in [-0.3, -0.25) is 10.1 Å². The summed E-state index contributed by atoms with van der Waals surface area (Å²) in [5.41, 5.74) is -0.274. The average molecular weight is 316 g/mol. The van der Waals surface area contributed by atoms with Crippen LogP contribution in [-0.4, -0.2) is 33.7 Å². The van der Waals surface area contributed by atoms with Gasteiger partial charge < -0.3 is 15.2 Å². The van der Waals surface area contributed by atoms with Crippen molar-refractivity contribution in [1.29, 1.82) is 0 Å². The number of ether oxygens (including phenoxy) is 1. The molecule has 2 N–H and O–H groups in total. The lowest BCUT2D eigenvalue weighted by molar-refractivity contribution is -0.380. The number of carbonyl (C=O) groups excluding carboxylic acids is 1. The molecule has 0 aliphatic rings. The maximum Gasteiger partial charge on any atom is 0.408 e. The second kappa shape index (κ2) is 6.53. The lowest BCUT2D eigenvalue weighted by Crippen LogP contribution is -2.44. The van der Waals surface area contributed by atoms with Crippen LogP contribution in [0, 0.1) is 10.1 Å². The maximum atomic E-state index is 11.6. The molecule has 0 saturated carbocycles. The number of thiophene rings is 1. The van der Waals surface area contributed by atoms with E-state index in [2.05, 4.69) is 5.32 Å². The zero-order valence-electron chi connectivity index (χ0n) is 11.8. The van der Waals surface area contributed by atoms with Crippen LogP contribution in [0.4, 0.5) is 9.80 Å². The van der Waals surface area contributed by atoms with Crippen LogP contribution in [0.2, 0.25) is 0 Å². The summed E-state index contributed by atoms with van der Waals surface area (Å²) in [4.78, 5) is 32.7. The molecule has 0 aliphatic carbocycles. The van der Waals surface area contributed by atoms with E-state index in [1.54, 1.807) is 20.8 Å². The first-order valence-electron chi connectivity index (χ1n) is 6.02. The molecule has 9 heteroatoms. The third-order valence-electron chi connectivity index (χ3n) is 2.25. The van der Waals surface area contributed by atoms with E-state index in [1.165, 1.54) is 11.4 Å². The number of rotatable bonds is 5. The molecule has 116 valence electrons. The van der Waals surface area contributed by atoms with E-state index in [0.29, 0.717) is 5.56 Å². The van der Waals surface area contributed by atoms with Crippen molar-refractivity contribution in [3.05, 3.63) is 27.1 Å². The number of carboxylic acids is 1. The number of amides is 1. The number of alkyl carbamates (subject to hydrolysis) is 1. The Balaban J connectivity index is 2.71. The Kier molecular flexibility index (Phi) is 5.25. The minimum absolute atomic E-state index is 0.0566. The molecule has 0 bridgehead atoms. The minimum Gasteiger partial charge on any atom is -0.480 e. The molecule has 1 rings (SSSR count). The molecule has 21 heavy (non-hydrogen) atoms. The lowest BCUT2D eigenvalue weighted by atomic mass is 10.1. The molecule has 0 saturated heterocycles. The first-order chi connectivity index (χ1) is 9.58. The van der Waals surface area contributed by atoms with Crippen LogP contribution in [-0.2, 0) is 16.0 Å². The number of carboxylic acid groups (broad SMARTS) is 1. The summed E-state index contributed by atoms with van der Waals surface area (Å²) in [7, 11) is 0. The summed E-state index contributed by atoms with van der Waals surface area (Å²) in [5, 5.41) is 23.3. The van der Waals surface area contributed by atoms with E-state index in [1.807, 2.05) is 0 Å². The van der Waals surface area contributed by atoms with Gasteiger partial charge in [-0.2, -0.15) is 0 Å². The van der Waals surface area contributed by atoms with Crippen molar-refractivity contribution in [2.75, 3.05) is 0 Å². The highest BCUT2D eigenvalue weighted by Gasteiger charge is 2.25. The third kappa shape index (κ3) is 5.78. The minimum atomic E-state index is -1.24. The number of aliphatic carboxylic acids is 1. The van der Waals surface area contributed by atoms with E-state index in [4.69, 9.17) is 9.84 Å². The quantitative estimate of drug-likeness (QED) is 0.634. The topological polar surface area (TPSA) is 119 Å². The molecule has 1 amide bonds. The third-order valence-corrected chi connectivity index (χ3v) is 3.18. The molecule has 0 fully saturated rings. The van der Waals surface area contributed by atoms with Crippen molar-refractivity contribution in [1.82, 2.24) is 5.32 Å². The van der Waals surface area contributed by atoms with Crippen molar-refractivity contribution >= 4 is 28.4 Å². The fourth-order valence-corrected chi connectivity index (χ4v) is 2.19. The van der Waals surface area contributed by atoms with Crippen molar-refractivity contribution in [3.63, 3.8) is 0 Å². The molecule has 0 aromatic carbocycles. The molecule has 0 radical (unpaired) electrons. The average Bonchev–Trinajstić information content (AvgIpc) is 2.74. The Morgan fingerprint density at radius 3 is 2.57 bits per heavy atom. The Hall–Kier alpha value is -2.16. The Labute approximate surface area is 124 Å². The number of nitrogens with zero attached hydrogens (tertiary/aromatic N) is 1. The molecule has 1 unspecified atom stereocenters. The van der Waals surface area contributed by atoms with Crippen molar-refractivity contribution < 1.29 is 24.4 Å². The zero-order chi connectivity index (χ0) is 16.2. The predicted molar refractivity (Wildman–Crippen MR) is 75.5 cm³/mol. The van der Waals surface area contributed by atoms with Gasteiger partial charge >= 0.3 is 17.1 Å². The Morgan fingerprint density at radius 1 is 1.52 bits per heavy atom. The van der Waals surface area contributed by atoms with Crippen molar-refractivity contribution in [2.24, 2.45) is 0 Å². The Bertz CT molecular complexity index is 548. The fraction of sp³-hybridized carbons (Fsp3) is 0.500. The van der Waals surface area contributed by atoms with Gasteiger partial charge in [0.2, 0.25) is 0 Å². The van der Waals surface area contributed by atoms with Gasteiger partial charge in [-0.25, -0.2) is 9.59 Å². The van der Waals surface area contributed by atoms with Gasteiger partial charge in [-0.1, -0.05) is 11.3 Å². The highest BCUT2D eigenvalue weighted by molar-refractivity contribution is 7.13. The second-order valence-electron chi connectivity index (χ2n) is 5.29. The smallest absolute Gasteiger partial charge is 0.408 e. The van der Waals surface area contributed by atoms with Gasteiger partial charge in [0.25, 0.3) is 0 Å². The molecular formula is C12H16N2O6S. The van der Waals surface area contributed by atoms with Crippen LogP contribution in [0.3, 0.4) is 0 Å². The number of carbonyl (C=O) groups is 2. The number of nitro groups is 1. The van der Waals surface area contributed by atoms with Gasteiger partial charge in [0.05, 0.1) is 4.92 Å². The van der Waals surface area contributed by atoms with Crippen LogP contribution < -0.4 is 5.32 Å². The van der Waals surface area contributed by atoms with Crippen LogP contribution in [0.5, 0.6) is 0 Å². The highest BCUT2D eigenvalue weighted by atomic mass is 32.1. The second-order valence-corrected chi connectivity index (χ2v) is 6.18. The maximum absolute atomic E-state index is 11.6. The van der Waals surface area contributed by atoms with E-state index < -0.39 is 28.6 Å². The van der Waals surface area contributed by atoms with Crippen LogP contribution in [0.15, 0.2) is 11.4 Å². The summed E-state index contributed by atoms with van der Waals surface area (Å²) in [6.45, 7) is 4.97. The lowest BCUT2D eigenvalue weighted by Gasteiger charge is -2.21. The van der Waals surface area contributed by atoms with Crippen LogP contribution >= 0.6 is 11.3 Å². The van der Waals surface area contributed by atoms with E-state index in [-0.39, 0.29) is 11.4 Å². The summed E-state index contributed by atoms with van der Waals surface area (Å²) < 4.78 is 4.98. The van der Waals surface area contributed by atoms with E-state index >= 15 is 0 Å². The molecular weight excluding hydrogens is 300 g/mol. The highest BCUT2D eigenvalue weighted by Crippen LogP contribution is 2.23. The molecule has 8 nitrogen and oxygen atoms in total. The van der Waals surface area contributed by atoms with Crippen molar-refractivity contribution in [3.8, 4) is 0 Å². The molecule has 1 aromatic rings. The largest absolute Gasteiger partial charge is 0.480 e. The monoisotopic (exact) mass is 316 g/mol. The summed E-state index contributed by atoms with van der Waals surface area (Å²) >= 11 is 0.904. The molecule has 0 spiro atoms. The first kappa shape index (κ1) is 16.9. The van der Waals surface area contributed by atoms with Gasteiger partial charge in [-0.15, -0.1) is 0 Å². The van der Waals surface area contributed by atoms with Crippen LogP contribution in [0.25, 0.3) is 0 Å². The van der Waals surface area contributed by atoms with Gasteiger partial charge in [0.1, 0.15) is 11.6 Å². The number of nitrogens with one attached hydrogen (secondary N) is 1. The fourth-order valence-electron chi connectivity index (χ4n) is 1.45. The van der Waals surface area contributed by atoms with E-state index in [0.717, 1.165) is 11.3 Å². The predicted octanol–water partition coefficient (Wildman–Crippen LogP) is 2.18. The standard InChI is InChI=1S/C12H16N2O6S/c1-12(2,3)20-11(17)13-8(10(15)16)4-7-5-9(14(18)19)21-6-7/h5-6,8H,4H2,1-3H3,(H,13,17)(H,15,16).